The molecule has 1 aromatic carbocycles. The number of nitrogens with zero attached hydrogens (tertiary/aromatic N) is 3. The number of ether oxygens (including phenoxy) is 2. The first-order chi connectivity index (χ1) is 13.6. The van der Waals surface area contributed by atoms with Crippen molar-refractivity contribution in [2.75, 3.05) is 20.8 Å². The molecule has 0 aliphatic carbocycles. The fraction of sp³-hybridized carbons (Fsp3) is 0.350. The number of hydrogen-bond donors (Lipinski definition) is 0. The molecule has 28 heavy (non-hydrogen) atoms. The fourth-order valence-electron chi connectivity index (χ4n) is 2.81. The van der Waals surface area contributed by atoms with E-state index in [1.807, 2.05) is 41.9 Å². The Labute approximate surface area is 167 Å². The first-order valence-electron chi connectivity index (χ1n) is 8.98. The minimum absolute atomic E-state index is 0.0348. The summed E-state index contributed by atoms with van der Waals surface area (Å²) >= 11 is 1.57. The molecule has 0 fully saturated rings. The number of thiophene rings is 1. The molecule has 0 aliphatic rings. The third kappa shape index (κ3) is 4.69. The van der Waals surface area contributed by atoms with Crippen LogP contribution in [0.3, 0.4) is 0 Å². The molecule has 0 atom stereocenters. The highest BCUT2D eigenvalue weighted by Crippen LogP contribution is 2.28. The summed E-state index contributed by atoms with van der Waals surface area (Å²) < 4.78 is 16.2. The van der Waals surface area contributed by atoms with Gasteiger partial charge in [0.2, 0.25) is 17.7 Å². The smallest absolute Gasteiger partial charge is 0.248 e. The van der Waals surface area contributed by atoms with Crippen molar-refractivity contribution in [3.63, 3.8) is 0 Å². The number of methoxy groups -OCH3 is 2. The van der Waals surface area contributed by atoms with Crippen molar-refractivity contribution in [2.45, 2.75) is 26.3 Å². The molecule has 2 aromatic heterocycles. The van der Waals surface area contributed by atoms with Gasteiger partial charge >= 0.3 is 0 Å². The standard InChI is InChI=1S/C20H23N3O4S/c1-4-23(12-14-5-6-16(25-2)17(11-14)26-3)19(24)8-7-18-21-22-20(27-18)15-9-10-28-13-15/h5-6,9-11,13H,4,7-8,12H2,1-3H3. The van der Waals surface area contributed by atoms with Crippen molar-refractivity contribution < 1.29 is 18.7 Å². The van der Waals surface area contributed by atoms with Gasteiger partial charge in [-0.05, 0) is 36.1 Å². The number of rotatable bonds is 9. The molecule has 0 spiro atoms. The minimum Gasteiger partial charge on any atom is -0.493 e. The average Bonchev–Trinajstić information content (AvgIpc) is 3.41. The van der Waals surface area contributed by atoms with Gasteiger partial charge in [0.1, 0.15) is 0 Å². The molecule has 0 saturated heterocycles. The molecule has 0 unspecified atom stereocenters. The molecule has 7 nitrogen and oxygen atoms in total. The predicted molar refractivity (Wildman–Crippen MR) is 107 cm³/mol. The Hall–Kier alpha value is -2.87. The molecule has 0 bridgehead atoms. The average molecular weight is 401 g/mol. The van der Waals surface area contributed by atoms with Crippen LogP contribution in [0.2, 0.25) is 0 Å². The maximum absolute atomic E-state index is 12.6. The van der Waals surface area contributed by atoms with E-state index in [-0.39, 0.29) is 5.91 Å². The number of carbonyl (C=O) groups is 1. The lowest BCUT2D eigenvalue weighted by Crippen LogP contribution is -2.30. The maximum atomic E-state index is 12.6. The van der Waals surface area contributed by atoms with Crippen molar-refractivity contribution >= 4 is 17.2 Å². The van der Waals surface area contributed by atoms with Crippen LogP contribution in [0.5, 0.6) is 11.5 Å². The van der Waals surface area contributed by atoms with Crippen LogP contribution in [0.1, 0.15) is 24.8 Å². The van der Waals surface area contributed by atoms with Crippen molar-refractivity contribution in [1.82, 2.24) is 15.1 Å². The Bertz CT molecular complexity index is 908. The van der Waals surface area contributed by atoms with Gasteiger partial charge in [-0.25, -0.2) is 0 Å². The van der Waals surface area contributed by atoms with Gasteiger partial charge in [0.25, 0.3) is 0 Å². The summed E-state index contributed by atoms with van der Waals surface area (Å²) in [5.41, 5.74) is 1.88. The zero-order valence-corrected chi connectivity index (χ0v) is 17.0. The predicted octanol–water partition coefficient (Wildman–Crippen LogP) is 3.80. The van der Waals surface area contributed by atoms with E-state index in [1.165, 1.54) is 0 Å². The highest BCUT2D eigenvalue weighted by Gasteiger charge is 2.16. The Morgan fingerprint density at radius 1 is 1.18 bits per heavy atom. The SMILES string of the molecule is CCN(Cc1ccc(OC)c(OC)c1)C(=O)CCc1nnc(-c2ccsc2)o1. The van der Waals surface area contributed by atoms with Gasteiger partial charge in [0, 0.05) is 36.9 Å². The third-order valence-corrected chi connectivity index (χ3v) is 5.03. The topological polar surface area (TPSA) is 77.7 Å². The number of aryl methyl sites for hydroxylation is 1. The molecule has 8 heteroatoms. The summed E-state index contributed by atoms with van der Waals surface area (Å²) in [6.45, 7) is 3.07. The number of carbonyl (C=O) groups excluding carboxylic acids is 1. The largest absolute Gasteiger partial charge is 0.493 e. The van der Waals surface area contributed by atoms with Gasteiger partial charge in [0.15, 0.2) is 11.5 Å². The van der Waals surface area contributed by atoms with Crippen molar-refractivity contribution in [3.05, 3.63) is 46.5 Å². The summed E-state index contributed by atoms with van der Waals surface area (Å²) in [5.74, 6) is 2.31. The minimum atomic E-state index is 0.0348. The van der Waals surface area contributed by atoms with Crippen LogP contribution in [0, 0.1) is 0 Å². The molecule has 0 N–H and O–H groups in total. The van der Waals surface area contributed by atoms with Crippen LogP contribution in [0.4, 0.5) is 0 Å². The van der Waals surface area contributed by atoms with Gasteiger partial charge in [-0.15, -0.1) is 10.2 Å². The van der Waals surface area contributed by atoms with E-state index in [9.17, 15) is 4.79 Å². The number of benzene rings is 1. The Kier molecular flexibility index (Phi) is 6.65. The zero-order valence-electron chi connectivity index (χ0n) is 16.2. The summed E-state index contributed by atoms with van der Waals surface area (Å²) in [4.78, 5) is 14.4. The molecule has 3 rings (SSSR count). The first kappa shape index (κ1) is 19.9. The second kappa shape index (κ2) is 9.36. The molecule has 0 aliphatic heterocycles. The summed E-state index contributed by atoms with van der Waals surface area (Å²) in [5, 5.41) is 12.0. The van der Waals surface area contributed by atoms with Gasteiger partial charge in [0.05, 0.1) is 14.2 Å². The molecule has 0 radical (unpaired) electrons. The van der Waals surface area contributed by atoms with Gasteiger partial charge in [-0.1, -0.05) is 6.07 Å². The lowest BCUT2D eigenvalue weighted by Gasteiger charge is -2.21. The fourth-order valence-corrected chi connectivity index (χ4v) is 3.43. The molecule has 0 saturated carbocycles. The van der Waals surface area contributed by atoms with Crippen molar-refractivity contribution in [3.8, 4) is 23.0 Å². The Morgan fingerprint density at radius 3 is 2.68 bits per heavy atom. The first-order valence-corrected chi connectivity index (χ1v) is 9.92. The summed E-state index contributed by atoms with van der Waals surface area (Å²) in [7, 11) is 3.19. The van der Waals surface area contributed by atoms with E-state index >= 15 is 0 Å². The molecular formula is C20H23N3O4S. The van der Waals surface area contributed by atoms with Crippen molar-refractivity contribution in [2.24, 2.45) is 0 Å². The van der Waals surface area contributed by atoms with E-state index in [1.54, 1.807) is 30.5 Å². The lowest BCUT2D eigenvalue weighted by molar-refractivity contribution is -0.131. The van der Waals surface area contributed by atoms with E-state index in [4.69, 9.17) is 13.9 Å². The monoisotopic (exact) mass is 401 g/mol. The zero-order chi connectivity index (χ0) is 19.9. The quantitative estimate of drug-likeness (QED) is 0.543. The van der Waals surface area contributed by atoms with Crippen LogP contribution in [-0.2, 0) is 17.8 Å². The van der Waals surface area contributed by atoms with Crippen LogP contribution in [0.25, 0.3) is 11.5 Å². The van der Waals surface area contributed by atoms with Gasteiger partial charge in [-0.3, -0.25) is 4.79 Å². The van der Waals surface area contributed by atoms with Gasteiger partial charge < -0.3 is 18.8 Å². The highest BCUT2D eigenvalue weighted by atomic mass is 32.1. The van der Waals surface area contributed by atoms with E-state index in [2.05, 4.69) is 10.2 Å². The second-order valence-corrected chi connectivity index (χ2v) is 6.89. The number of amides is 1. The van der Waals surface area contributed by atoms with Gasteiger partial charge in [-0.2, -0.15) is 11.3 Å². The Balaban J connectivity index is 1.59. The van der Waals surface area contributed by atoms with Crippen LogP contribution in [-0.4, -0.2) is 41.8 Å². The van der Waals surface area contributed by atoms with E-state index < -0.39 is 0 Å². The molecule has 2 heterocycles. The van der Waals surface area contributed by atoms with Crippen LogP contribution < -0.4 is 9.47 Å². The third-order valence-electron chi connectivity index (χ3n) is 4.34. The number of aromatic nitrogens is 2. The van der Waals surface area contributed by atoms with E-state index in [0.29, 0.717) is 49.2 Å². The summed E-state index contributed by atoms with van der Waals surface area (Å²) in [6.07, 6.45) is 0.727. The second-order valence-electron chi connectivity index (χ2n) is 6.11. The molecular weight excluding hydrogens is 378 g/mol. The Morgan fingerprint density at radius 2 is 2.00 bits per heavy atom. The van der Waals surface area contributed by atoms with Crippen LogP contribution >= 0.6 is 11.3 Å². The lowest BCUT2D eigenvalue weighted by atomic mass is 10.1. The van der Waals surface area contributed by atoms with E-state index in [0.717, 1.165) is 11.1 Å². The molecule has 148 valence electrons. The molecule has 1 amide bonds. The summed E-state index contributed by atoms with van der Waals surface area (Å²) in [6, 6.07) is 7.59. The normalized spacial score (nSPS) is 10.7. The highest BCUT2D eigenvalue weighted by molar-refractivity contribution is 7.08. The van der Waals surface area contributed by atoms with Crippen molar-refractivity contribution in [1.29, 1.82) is 0 Å². The molecule has 3 aromatic rings. The van der Waals surface area contributed by atoms with Crippen LogP contribution in [0.15, 0.2) is 39.4 Å². The number of hydrogen-bond acceptors (Lipinski definition) is 7. The maximum Gasteiger partial charge on any atom is 0.248 e.